The maximum atomic E-state index is 5.97. The Bertz CT molecular complexity index is 357. The van der Waals surface area contributed by atoms with Crippen molar-refractivity contribution >= 4 is 0 Å². The fourth-order valence-electron chi connectivity index (χ4n) is 3.24. The summed E-state index contributed by atoms with van der Waals surface area (Å²) in [6.07, 6.45) is 15.8. The van der Waals surface area contributed by atoms with E-state index in [1.54, 1.807) is 0 Å². The van der Waals surface area contributed by atoms with Crippen molar-refractivity contribution in [3.05, 3.63) is 36.6 Å². The molecule has 2 aliphatic rings. The van der Waals surface area contributed by atoms with E-state index in [-0.39, 0.29) is 0 Å². The van der Waals surface area contributed by atoms with Crippen LogP contribution >= 0.6 is 0 Å². The van der Waals surface area contributed by atoms with Crippen LogP contribution < -0.4 is 11.1 Å². The molecule has 1 heterocycles. The zero-order valence-electron chi connectivity index (χ0n) is 13.3. The summed E-state index contributed by atoms with van der Waals surface area (Å²) in [5.74, 6) is 0.792. The van der Waals surface area contributed by atoms with Gasteiger partial charge in [-0.15, -0.1) is 0 Å². The van der Waals surface area contributed by atoms with Crippen LogP contribution in [0.2, 0.25) is 0 Å². The third-order valence-corrected chi connectivity index (χ3v) is 4.64. The number of nitrogens with one attached hydrogen (secondary N) is 1. The van der Waals surface area contributed by atoms with Gasteiger partial charge in [0.25, 0.3) is 0 Å². The van der Waals surface area contributed by atoms with Gasteiger partial charge >= 0.3 is 0 Å². The van der Waals surface area contributed by atoms with Gasteiger partial charge in [0.05, 0.1) is 0 Å². The van der Waals surface area contributed by atoms with E-state index in [1.807, 2.05) is 6.08 Å². The molecule has 0 saturated heterocycles. The van der Waals surface area contributed by atoms with Crippen molar-refractivity contribution in [1.29, 1.82) is 0 Å². The smallest absolute Gasteiger partial charge is 0.0172 e. The molecular formula is C18H31N3. The summed E-state index contributed by atoms with van der Waals surface area (Å²) in [5.41, 5.74) is 7.31. The SMILES string of the molecule is C=C/C=C(\CCCN1CC=CC1)NCC1CCC(N)CC1. The fourth-order valence-corrected chi connectivity index (χ4v) is 3.24. The number of allylic oxidation sites excluding steroid dienone is 3. The molecule has 0 radical (unpaired) electrons. The number of nitrogens with zero attached hydrogens (tertiary/aromatic N) is 1. The largest absolute Gasteiger partial charge is 0.388 e. The van der Waals surface area contributed by atoms with Gasteiger partial charge in [0, 0.05) is 31.4 Å². The molecule has 0 amide bonds. The highest BCUT2D eigenvalue weighted by molar-refractivity contribution is 5.09. The first kappa shape index (κ1) is 16.3. The van der Waals surface area contributed by atoms with E-state index in [0.29, 0.717) is 6.04 Å². The van der Waals surface area contributed by atoms with Gasteiger partial charge in [-0.25, -0.2) is 0 Å². The predicted molar refractivity (Wildman–Crippen MR) is 91.0 cm³/mol. The first-order valence-corrected chi connectivity index (χ1v) is 8.46. The Morgan fingerprint density at radius 2 is 1.95 bits per heavy atom. The lowest BCUT2D eigenvalue weighted by atomic mass is 9.86. The third kappa shape index (κ3) is 6.06. The van der Waals surface area contributed by atoms with E-state index in [9.17, 15) is 0 Å². The van der Waals surface area contributed by atoms with Crippen LogP contribution in [-0.4, -0.2) is 37.1 Å². The van der Waals surface area contributed by atoms with Gasteiger partial charge in [0.1, 0.15) is 0 Å². The lowest BCUT2D eigenvalue weighted by molar-refractivity contribution is 0.318. The van der Waals surface area contributed by atoms with Crippen LogP contribution in [0.4, 0.5) is 0 Å². The first-order valence-electron chi connectivity index (χ1n) is 8.46. The summed E-state index contributed by atoms with van der Waals surface area (Å²) < 4.78 is 0. The highest BCUT2D eigenvalue weighted by Crippen LogP contribution is 2.22. The zero-order valence-corrected chi connectivity index (χ0v) is 13.3. The number of hydrogen-bond donors (Lipinski definition) is 2. The van der Waals surface area contributed by atoms with Gasteiger partial charge in [0.15, 0.2) is 0 Å². The Hall–Kier alpha value is -1.06. The van der Waals surface area contributed by atoms with Crippen molar-refractivity contribution in [2.75, 3.05) is 26.2 Å². The van der Waals surface area contributed by atoms with E-state index in [1.165, 1.54) is 44.3 Å². The summed E-state index contributed by atoms with van der Waals surface area (Å²) in [5, 5.41) is 3.65. The summed E-state index contributed by atoms with van der Waals surface area (Å²) in [6.45, 7) is 8.36. The molecule has 0 aromatic carbocycles. The standard InChI is InChI=1S/C18H31N3/c1-2-6-18(7-5-14-21-12-3-4-13-21)20-15-16-8-10-17(19)11-9-16/h2-4,6,16-17,20H,1,5,7-15,19H2/b18-6+. The van der Waals surface area contributed by atoms with E-state index < -0.39 is 0 Å². The van der Waals surface area contributed by atoms with Crippen molar-refractivity contribution < 1.29 is 0 Å². The average molecular weight is 289 g/mol. The summed E-state index contributed by atoms with van der Waals surface area (Å²) in [7, 11) is 0. The number of nitrogens with two attached hydrogens (primary N) is 1. The van der Waals surface area contributed by atoms with Crippen molar-refractivity contribution in [3.63, 3.8) is 0 Å². The molecular weight excluding hydrogens is 258 g/mol. The second-order valence-corrected chi connectivity index (χ2v) is 6.42. The predicted octanol–water partition coefficient (Wildman–Crippen LogP) is 2.82. The van der Waals surface area contributed by atoms with Crippen molar-refractivity contribution in [1.82, 2.24) is 10.2 Å². The molecule has 3 nitrogen and oxygen atoms in total. The minimum atomic E-state index is 0.443. The minimum absolute atomic E-state index is 0.443. The maximum absolute atomic E-state index is 5.97. The quantitative estimate of drug-likeness (QED) is 0.533. The zero-order chi connectivity index (χ0) is 14.9. The van der Waals surface area contributed by atoms with Crippen LogP contribution in [0.5, 0.6) is 0 Å². The first-order chi connectivity index (χ1) is 10.3. The van der Waals surface area contributed by atoms with Crippen molar-refractivity contribution in [3.8, 4) is 0 Å². The molecule has 0 spiro atoms. The Morgan fingerprint density at radius 3 is 2.62 bits per heavy atom. The summed E-state index contributed by atoms with van der Waals surface area (Å²) in [4.78, 5) is 2.48. The average Bonchev–Trinajstić information content (AvgIpc) is 3.00. The molecule has 0 atom stereocenters. The monoisotopic (exact) mass is 289 g/mol. The number of hydrogen-bond acceptors (Lipinski definition) is 3. The normalized spacial score (nSPS) is 27.0. The topological polar surface area (TPSA) is 41.3 Å². The molecule has 1 fully saturated rings. The molecule has 3 N–H and O–H groups in total. The Balaban J connectivity index is 1.64. The van der Waals surface area contributed by atoms with Gasteiger partial charge in [0.2, 0.25) is 0 Å². The van der Waals surface area contributed by atoms with Crippen LogP contribution in [0.25, 0.3) is 0 Å². The molecule has 3 heteroatoms. The van der Waals surface area contributed by atoms with Crippen LogP contribution in [0, 0.1) is 5.92 Å². The maximum Gasteiger partial charge on any atom is 0.0172 e. The summed E-state index contributed by atoms with van der Waals surface area (Å²) in [6, 6.07) is 0.443. The van der Waals surface area contributed by atoms with Crippen molar-refractivity contribution in [2.24, 2.45) is 11.7 Å². The second kappa shape index (κ2) is 9.06. The lowest BCUT2D eigenvalue weighted by Gasteiger charge is -2.27. The Labute approximate surface area is 130 Å². The molecule has 1 saturated carbocycles. The molecule has 0 aromatic rings. The van der Waals surface area contributed by atoms with E-state index >= 15 is 0 Å². The molecule has 1 aliphatic heterocycles. The fraction of sp³-hybridized carbons (Fsp3) is 0.667. The van der Waals surface area contributed by atoms with E-state index in [2.05, 4.69) is 35.0 Å². The molecule has 0 unspecified atom stereocenters. The van der Waals surface area contributed by atoms with Crippen LogP contribution in [0.3, 0.4) is 0 Å². The molecule has 21 heavy (non-hydrogen) atoms. The summed E-state index contributed by atoms with van der Waals surface area (Å²) >= 11 is 0. The van der Waals surface area contributed by atoms with Crippen LogP contribution in [0.15, 0.2) is 36.6 Å². The molecule has 0 bridgehead atoms. The molecule has 1 aliphatic carbocycles. The van der Waals surface area contributed by atoms with E-state index in [0.717, 1.165) is 32.0 Å². The Morgan fingerprint density at radius 1 is 1.24 bits per heavy atom. The van der Waals surface area contributed by atoms with Crippen LogP contribution in [-0.2, 0) is 0 Å². The van der Waals surface area contributed by atoms with Gasteiger partial charge in [-0.2, -0.15) is 0 Å². The molecule has 118 valence electrons. The highest BCUT2D eigenvalue weighted by atomic mass is 15.1. The van der Waals surface area contributed by atoms with Gasteiger partial charge in [-0.05, 0) is 57.1 Å². The van der Waals surface area contributed by atoms with Crippen molar-refractivity contribution in [2.45, 2.75) is 44.6 Å². The second-order valence-electron chi connectivity index (χ2n) is 6.42. The van der Waals surface area contributed by atoms with Gasteiger partial charge in [-0.3, -0.25) is 4.90 Å². The minimum Gasteiger partial charge on any atom is -0.388 e. The highest BCUT2D eigenvalue weighted by Gasteiger charge is 2.18. The van der Waals surface area contributed by atoms with Gasteiger partial charge in [-0.1, -0.05) is 24.8 Å². The third-order valence-electron chi connectivity index (χ3n) is 4.64. The lowest BCUT2D eigenvalue weighted by Crippen LogP contribution is -2.31. The molecule has 2 rings (SSSR count). The Kier molecular flexibility index (Phi) is 7.04. The van der Waals surface area contributed by atoms with E-state index in [4.69, 9.17) is 5.73 Å². The number of rotatable bonds is 8. The molecule has 0 aromatic heterocycles. The van der Waals surface area contributed by atoms with Gasteiger partial charge < -0.3 is 11.1 Å². The van der Waals surface area contributed by atoms with Crippen LogP contribution in [0.1, 0.15) is 38.5 Å².